The highest BCUT2D eigenvalue weighted by Gasteiger charge is 2.50. The average Bonchev–Trinajstić information content (AvgIpc) is 2.83. The number of nitrogens with two attached hydrogens (primary N) is 1. The molecule has 5 rings (SSSR count). The minimum atomic E-state index is 0.608. The van der Waals surface area contributed by atoms with E-state index in [2.05, 4.69) is 16.0 Å². The first-order chi connectivity index (χ1) is 9.25. The van der Waals surface area contributed by atoms with Gasteiger partial charge in [0.15, 0.2) is 0 Å². The summed E-state index contributed by atoms with van der Waals surface area (Å²) in [5, 5.41) is 4.44. The molecular weight excluding hydrogens is 234 g/mol. The van der Waals surface area contributed by atoms with Crippen molar-refractivity contribution in [2.24, 2.45) is 28.9 Å². The summed E-state index contributed by atoms with van der Waals surface area (Å²) in [6, 6.07) is 0. The maximum Gasteiger partial charge on any atom is 0.0534 e. The summed E-state index contributed by atoms with van der Waals surface area (Å²) in [6.07, 6.45) is 14.5. The van der Waals surface area contributed by atoms with Gasteiger partial charge in [-0.15, -0.1) is 0 Å². The van der Waals surface area contributed by atoms with Gasteiger partial charge in [-0.05, 0) is 68.1 Å². The van der Waals surface area contributed by atoms with Crippen LogP contribution in [0.15, 0.2) is 12.4 Å². The standard InChI is InChI=1S/C16H25N3/c17-9-15-10-18-19(11-15)2-1-16-6-12-3-13(7-16)5-14(4-12)8-16/h10-14H,1-9,17H2. The lowest BCUT2D eigenvalue weighted by Gasteiger charge is -2.57. The molecule has 1 aromatic heterocycles. The van der Waals surface area contributed by atoms with E-state index in [0.29, 0.717) is 12.0 Å². The highest BCUT2D eigenvalue weighted by atomic mass is 15.3. The van der Waals surface area contributed by atoms with Crippen LogP contribution in [0.5, 0.6) is 0 Å². The smallest absolute Gasteiger partial charge is 0.0534 e. The van der Waals surface area contributed by atoms with E-state index in [1.165, 1.54) is 44.9 Å². The van der Waals surface area contributed by atoms with Crippen molar-refractivity contribution < 1.29 is 0 Å². The largest absolute Gasteiger partial charge is 0.326 e. The van der Waals surface area contributed by atoms with Crippen LogP contribution in [0.25, 0.3) is 0 Å². The Bertz CT molecular complexity index is 427. The molecule has 104 valence electrons. The molecule has 4 bridgehead atoms. The van der Waals surface area contributed by atoms with Crippen LogP contribution in [-0.4, -0.2) is 9.78 Å². The topological polar surface area (TPSA) is 43.8 Å². The van der Waals surface area contributed by atoms with Crippen molar-refractivity contribution in [3.8, 4) is 0 Å². The van der Waals surface area contributed by atoms with Crippen LogP contribution >= 0.6 is 0 Å². The minimum absolute atomic E-state index is 0.608. The molecule has 1 heterocycles. The molecule has 19 heavy (non-hydrogen) atoms. The van der Waals surface area contributed by atoms with Gasteiger partial charge in [-0.25, -0.2) is 0 Å². The highest BCUT2D eigenvalue weighted by Crippen LogP contribution is 2.61. The Morgan fingerprint density at radius 1 is 1.16 bits per heavy atom. The first-order valence-electron chi connectivity index (χ1n) is 7.96. The molecule has 0 aromatic carbocycles. The lowest BCUT2D eigenvalue weighted by Crippen LogP contribution is -2.46. The fourth-order valence-electron chi connectivity index (χ4n) is 5.58. The van der Waals surface area contributed by atoms with Crippen molar-refractivity contribution in [3.63, 3.8) is 0 Å². The van der Waals surface area contributed by atoms with E-state index in [9.17, 15) is 0 Å². The molecule has 4 aliphatic carbocycles. The predicted molar refractivity (Wildman–Crippen MR) is 75.3 cm³/mol. The Kier molecular flexibility index (Phi) is 2.73. The number of aromatic nitrogens is 2. The summed E-state index contributed by atoms with van der Waals surface area (Å²) >= 11 is 0. The Labute approximate surface area is 115 Å². The first-order valence-corrected chi connectivity index (χ1v) is 7.96. The second kappa shape index (κ2) is 4.34. The Hall–Kier alpha value is -0.830. The van der Waals surface area contributed by atoms with E-state index < -0.39 is 0 Å². The zero-order chi connectivity index (χ0) is 12.9. The quantitative estimate of drug-likeness (QED) is 0.903. The Morgan fingerprint density at radius 2 is 1.79 bits per heavy atom. The number of hydrogen-bond acceptors (Lipinski definition) is 2. The van der Waals surface area contributed by atoms with Crippen molar-refractivity contribution >= 4 is 0 Å². The number of aryl methyl sites for hydroxylation is 1. The van der Waals surface area contributed by atoms with Crippen LogP contribution < -0.4 is 5.73 Å². The Morgan fingerprint density at radius 3 is 2.32 bits per heavy atom. The lowest BCUT2D eigenvalue weighted by atomic mass is 9.49. The minimum Gasteiger partial charge on any atom is -0.326 e. The van der Waals surface area contributed by atoms with Crippen molar-refractivity contribution in [1.82, 2.24) is 9.78 Å². The molecule has 2 N–H and O–H groups in total. The molecule has 0 amide bonds. The Balaban J connectivity index is 1.44. The van der Waals surface area contributed by atoms with Crippen LogP contribution in [-0.2, 0) is 13.1 Å². The maximum atomic E-state index is 5.65. The summed E-state index contributed by atoms with van der Waals surface area (Å²) in [6.45, 7) is 1.70. The zero-order valence-electron chi connectivity index (χ0n) is 11.7. The summed E-state index contributed by atoms with van der Waals surface area (Å²) in [5.74, 6) is 3.18. The van der Waals surface area contributed by atoms with E-state index in [4.69, 9.17) is 5.73 Å². The van der Waals surface area contributed by atoms with Gasteiger partial charge in [0.1, 0.15) is 0 Å². The summed E-state index contributed by atoms with van der Waals surface area (Å²) in [4.78, 5) is 0. The third-order valence-electron chi connectivity index (χ3n) is 5.96. The number of hydrogen-bond donors (Lipinski definition) is 1. The predicted octanol–water partition coefficient (Wildman–Crippen LogP) is 2.95. The molecule has 4 saturated carbocycles. The van der Waals surface area contributed by atoms with Gasteiger partial charge in [-0.2, -0.15) is 5.10 Å². The first kappa shape index (κ1) is 12.0. The van der Waals surface area contributed by atoms with Crippen molar-refractivity contribution in [2.75, 3.05) is 0 Å². The molecule has 1 aromatic rings. The molecule has 0 spiro atoms. The molecule has 4 fully saturated rings. The van der Waals surface area contributed by atoms with Gasteiger partial charge in [0, 0.05) is 24.8 Å². The zero-order valence-corrected chi connectivity index (χ0v) is 11.7. The molecule has 0 unspecified atom stereocenters. The van der Waals surface area contributed by atoms with Gasteiger partial charge >= 0.3 is 0 Å². The van der Waals surface area contributed by atoms with Crippen LogP contribution in [0.4, 0.5) is 0 Å². The van der Waals surface area contributed by atoms with E-state index in [0.717, 1.165) is 29.9 Å². The second-order valence-electron chi connectivity index (χ2n) is 7.48. The average molecular weight is 259 g/mol. The molecule has 3 nitrogen and oxygen atoms in total. The third kappa shape index (κ3) is 2.12. The molecule has 0 aliphatic heterocycles. The van der Waals surface area contributed by atoms with E-state index in [1.54, 1.807) is 0 Å². The second-order valence-corrected chi connectivity index (χ2v) is 7.48. The van der Waals surface area contributed by atoms with Crippen LogP contribution in [0.2, 0.25) is 0 Å². The fraction of sp³-hybridized carbons (Fsp3) is 0.812. The SMILES string of the molecule is NCc1cnn(CCC23CC4CC(CC(C4)C2)C3)c1. The molecule has 0 saturated heterocycles. The van der Waals surface area contributed by atoms with Gasteiger partial charge in [-0.3, -0.25) is 4.68 Å². The van der Waals surface area contributed by atoms with E-state index in [-0.39, 0.29) is 0 Å². The summed E-state index contributed by atoms with van der Waals surface area (Å²) in [7, 11) is 0. The van der Waals surface area contributed by atoms with Crippen molar-refractivity contribution in [2.45, 2.75) is 58.0 Å². The van der Waals surface area contributed by atoms with Gasteiger partial charge in [0.2, 0.25) is 0 Å². The summed E-state index contributed by atoms with van der Waals surface area (Å²) in [5.41, 5.74) is 7.48. The van der Waals surface area contributed by atoms with Gasteiger partial charge in [0.25, 0.3) is 0 Å². The van der Waals surface area contributed by atoms with E-state index in [1.807, 2.05) is 6.20 Å². The molecule has 0 atom stereocenters. The maximum absolute atomic E-state index is 5.65. The highest BCUT2D eigenvalue weighted by molar-refractivity contribution is 5.04. The van der Waals surface area contributed by atoms with Crippen molar-refractivity contribution in [1.29, 1.82) is 0 Å². The molecular formula is C16H25N3. The number of nitrogens with zero attached hydrogens (tertiary/aromatic N) is 2. The van der Waals surface area contributed by atoms with Crippen LogP contribution in [0, 0.1) is 23.2 Å². The fourth-order valence-corrected chi connectivity index (χ4v) is 5.58. The van der Waals surface area contributed by atoms with Crippen LogP contribution in [0.3, 0.4) is 0 Å². The van der Waals surface area contributed by atoms with Crippen molar-refractivity contribution in [3.05, 3.63) is 18.0 Å². The van der Waals surface area contributed by atoms with Gasteiger partial charge in [0.05, 0.1) is 6.20 Å². The van der Waals surface area contributed by atoms with E-state index >= 15 is 0 Å². The normalized spacial score (nSPS) is 39.9. The molecule has 0 radical (unpaired) electrons. The van der Waals surface area contributed by atoms with Crippen LogP contribution in [0.1, 0.15) is 50.5 Å². The number of rotatable bonds is 4. The third-order valence-corrected chi connectivity index (χ3v) is 5.96. The molecule has 3 heteroatoms. The molecule has 4 aliphatic rings. The summed E-state index contributed by atoms with van der Waals surface area (Å²) < 4.78 is 2.11. The van der Waals surface area contributed by atoms with Gasteiger partial charge in [-0.1, -0.05) is 0 Å². The lowest BCUT2D eigenvalue weighted by molar-refractivity contribution is -0.0595. The monoisotopic (exact) mass is 259 g/mol. The van der Waals surface area contributed by atoms with Gasteiger partial charge < -0.3 is 5.73 Å².